The predicted octanol–water partition coefficient (Wildman–Crippen LogP) is 3.13. The summed E-state index contributed by atoms with van der Waals surface area (Å²) in [4.78, 5) is 13.9. The van der Waals surface area contributed by atoms with Crippen LogP contribution in [0.4, 0.5) is 10.1 Å². The Kier molecular flexibility index (Phi) is 5.44. The van der Waals surface area contributed by atoms with Gasteiger partial charge in [0.1, 0.15) is 11.1 Å². The number of rotatable bonds is 5. The van der Waals surface area contributed by atoms with Crippen LogP contribution in [0, 0.1) is 5.82 Å². The number of anilines is 1. The molecule has 0 unspecified atom stereocenters. The molecule has 116 valence electrons. The number of carbonyl (C=O) groups is 1. The Labute approximate surface area is 132 Å². The lowest BCUT2D eigenvalue weighted by Gasteiger charge is -2.21. The van der Waals surface area contributed by atoms with Crippen LogP contribution in [-0.4, -0.2) is 22.4 Å². The highest BCUT2D eigenvalue weighted by Gasteiger charge is 2.24. The topological polar surface area (TPSA) is 37.4 Å². The fraction of sp³-hybridized carbons (Fsp3) is 0.235. The van der Waals surface area contributed by atoms with Gasteiger partial charge in [0.05, 0.1) is 0 Å². The smallest absolute Gasteiger partial charge is 0.242 e. The van der Waals surface area contributed by atoms with Crippen molar-refractivity contribution in [1.82, 2.24) is 0 Å². The lowest BCUT2D eigenvalue weighted by Crippen LogP contribution is -2.37. The van der Waals surface area contributed by atoms with Crippen LogP contribution in [-0.2, 0) is 21.3 Å². The number of hydrogen-bond donors (Lipinski definition) is 0. The maximum atomic E-state index is 12.9. The molecule has 0 heterocycles. The summed E-state index contributed by atoms with van der Waals surface area (Å²) in [6.45, 7) is 1.65. The van der Waals surface area contributed by atoms with Crippen molar-refractivity contribution < 1.29 is 13.4 Å². The second kappa shape index (κ2) is 7.31. The fourth-order valence-corrected chi connectivity index (χ4v) is 3.19. The highest BCUT2D eigenvalue weighted by Crippen LogP contribution is 2.15. The van der Waals surface area contributed by atoms with Crippen molar-refractivity contribution in [3.8, 4) is 0 Å². The van der Waals surface area contributed by atoms with Crippen LogP contribution in [0.1, 0.15) is 12.5 Å². The number of carbonyl (C=O) groups excluding carboxylic acids is 1. The first-order chi connectivity index (χ1) is 10.5. The molecule has 0 saturated heterocycles. The summed E-state index contributed by atoms with van der Waals surface area (Å²) in [6, 6.07) is 15.1. The van der Waals surface area contributed by atoms with Crippen LogP contribution in [0.25, 0.3) is 0 Å². The van der Waals surface area contributed by atoms with Crippen LogP contribution in [0.3, 0.4) is 0 Å². The van der Waals surface area contributed by atoms with Crippen molar-refractivity contribution in [3.63, 3.8) is 0 Å². The Morgan fingerprint density at radius 2 is 1.73 bits per heavy atom. The Morgan fingerprint density at radius 1 is 1.14 bits per heavy atom. The molecule has 2 rings (SSSR count). The summed E-state index contributed by atoms with van der Waals surface area (Å²) >= 11 is 0. The average molecular weight is 319 g/mol. The molecule has 0 aliphatic heterocycles. The number of para-hydroxylation sites is 1. The molecule has 3 nitrogen and oxygen atoms in total. The SMILES string of the molecule is C[C@H](C(=O)N(C)c1ccccc1)[S@@](=O)Cc1ccc(F)cc1. The minimum atomic E-state index is -1.36. The number of benzene rings is 2. The monoisotopic (exact) mass is 319 g/mol. The van der Waals surface area contributed by atoms with Gasteiger partial charge in [-0.05, 0) is 36.8 Å². The molecule has 0 radical (unpaired) electrons. The molecule has 0 bridgehead atoms. The minimum absolute atomic E-state index is 0.202. The normalized spacial score (nSPS) is 13.4. The Hall–Kier alpha value is -2.01. The quantitative estimate of drug-likeness (QED) is 0.849. The molecule has 0 saturated carbocycles. The number of amides is 1. The predicted molar refractivity (Wildman–Crippen MR) is 87.6 cm³/mol. The van der Waals surface area contributed by atoms with Gasteiger partial charge in [0.25, 0.3) is 0 Å². The zero-order chi connectivity index (χ0) is 16.1. The van der Waals surface area contributed by atoms with Gasteiger partial charge < -0.3 is 4.90 Å². The van der Waals surface area contributed by atoms with E-state index in [1.807, 2.05) is 30.3 Å². The van der Waals surface area contributed by atoms with E-state index in [1.54, 1.807) is 26.1 Å². The van der Waals surface area contributed by atoms with E-state index in [1.165, 1.54) is 17.0 Å². The average Bonchev–Trinajstić information content (AvgIpc) is 2.55. The first-order valence-electron chi connectivity index (χ1n) is 6.93. The van der Waals surface area contributed by atoms with E-state index in [9.17, 15) is 13.4 Å². The molecule has 5 heteroatoms. The van der Waals surface area contributed by atoms with Crippen molar-refractivity contribution in [2.75, 3.05) is 11.9 Å². The molecule has 0 aliphatic rings. The lowest BCUT2D eigenvalue weighted by atomic mass is 10.2. The van der Waals surface area contributed by atoms with Crippen LogP contribution >= 0.6 is 0 Å². The highest BCUT2D eigenvalue weighted by atomic mass is 32.2. The first-order valence-corrected chi connectivity index (χ1v) is 8.31. The van der Waals surface area contributed by atoms with Crippen LogP contribution in [0.5, 0.6) is 0 Å². The Morgan fingerprint density at radius 3 is 2.32 bits per heavy atom. The molecule has 0 N–H and O–H groups in total. The first kappa shape index (κ1) is 16.4. The van der Waals surface area contributed by atoms with Crippen molar-refractivity contribution in [1.29, 1.82) is 0 Å². The third-order valence-electron chi connectivity index (χ3n) is 3.44. The minimum Gasteiger partial charge on any atom is -0.314 e. The molecule has 2 atom stereocenters. The van der Waals surface area contributed by atoms with Gasteiger partial charge in [-0.25, -0.2) is 4.39 Å². The van der Waals surface area contributed by atoms with Gasteiger partial charge in [0.15, 0.2) is 0 Å². The lowest BCUT2D eigenvalue weighted by molar-refractivity contribution is -0.117. The zero-order valence-electron chi connectivity index (χ0n) is 12.5. The van der Waals surface area contributed by atoms with Crippen molar-refractivity contribution in [2.24, 2.45) is 0 Å². The van der Waals surface area contributed by atoms with E-state index in [0.717, 1.165) is 11.3 Å². The van der Waals surface area contributed by atoms with Gasteiger partial charge >= 0.3 is 0 Å². The van der Waals surface area contributed by atoms with Gasteiger partial charge in [-0.2, -0.15) is 0 Å². The summed E-state index contributed by atoms with van der Waals surface area (Å²) in [5, 5.41) is -0.629. The highest BCUT2D eigenvalue weighted by molar-refractivity contribution is 7.85. The van der Waals surface area contributed by atoms with E-state index < -0.39 is 16.0 Å². The van der Waals surface area contributed by atoms with Crippen molar-refractivity contribution in [3.05, 3.63) is 66.0 Å². The third kappa shape index (κ3) is 4.01. The molecular formula is C17H18FNO2S. The molecule has 0 aliphatic carbocycles. The molecule has 0 fully saturated rings. The summed E-state index contributed by atoms with van der Waals surface area (Å²) in [5.41, 5.74) is 1.51. The molecule has 2 aromatic rings. The Balaban J connectivity index is 2.03. The fourth-order valence-electron chi connectivity index (χ4n) is 2.03. The van der Waals surface area contributed by atoms with Gasteiger partial charge in [0.2, 0.25) is 5.91 Å². The zero-order valence-corrected chi connectivity index (χ0v) is 13.3. The van der Waals surface area contributed by atoms with Crippen molar-refractivity contribution >= 4 is 22.4 Å². The van der Waals surface area contributed by atoms with E-state index in [2.05, 4.69) is 0 Å². The summed E-state index contributed by atoms with van der Waals surface area (Å²) in [7, 11) is 0.309. The number of halogens is 1. The maximum Gasteiger partial charge on any atom is 0.242 e. The van der Waals surface area contributed by atoms with Crippen molar-refractivity contribution in [2.45, 2.75) is 17.9 Å². The molecule has 22 heavy (non-hydrogen) atoms. The molecule has 0 spiro atoms. The van der Waals surface area contributed by atoms with E-state index >= 15 is 0 Å². The van der Waals surface area contributed by atoms with Gasteiger partial charge in [0, 0.05) is 29.3 Å². The molecule has 1 amide bonds. The van der Waals surface area contributed by atoms with Gasteiger partial charge in [-0.15, -0.1) is 0 Å². The van der Waals surface area contributed by atoms with Crippen LogP contribution in [0.2, 0.25) is 0 Å². The summed E-state index contributed by atoms with van der Waals surface area (Å²) in [6.07, 6.45) is 0. The largest absolute Gasteiger partial charge is 0.314 e. The van der Waals surface area contributed by atoms with Gasteiger partial charge in [-0.1, -0.05) is 30.3 Å². The summed E-state index contributed by atoms with van der Waals surface area (Å²) in [5.74, 6) is -0.301. The van der Waals surface area contributed by atoms with E-state index in [0.29, 0.717) is 0 Å². The number of nitrogens with zero attached hydrogens (tertiary/aromatic N) is 1. The van der Waals surface area contributed by atoms with Crippen LogP contribution in [0.15, 0.2) is 54.6 Å². The molecule has 0 aromatic heterocycles. The summed E-state index contributed by atoms with van der Waals surface area (Å²) < 4.78 is 25.2. The number of hydrogen-bond acceptors (Lipinski definition) is 2. The second-order valence-corrected chi connectivity index (χ2v) is 6.78. The standard InChI is InChI=1S/C17H18FNO2S/c1-13(17(20)19(2)16-6-4-3-5-7-16)22(21)12-14-8-10-15(18)11-9-14/h3-11,13H,12H2,1-2H3/t13-,22+/m1/s1. The van der Waals surface area contributed by atoms with Crippen LogP contribution < -0.4 is 4.90 Å². The Bertz CT molecular complexity index is 658. The third-order valence-corrected chi connectivity index (χ3v) is 5.05. The van der Waals surface area contributed by atoms with Gasteiger partial charge in [-0.3, -0.25) is 9.00 Å². The van der Waals surface area contributed by atoms with E-state index in [4.69, 9.17) is 0 Å². The van der Waals surface area contributed by atoms with E-state index in [-0.39, 0.29) is 17.5 Å². The second-order valence-electron chi connectivity index (χ2n) is 5.03. The maximum absolute atomic E-state index is 12.9. The molecular weight excluding hydrogens is 301 g/mol. The molecule has 2 aromatic carbocycles.